The Morgan fingerprint density at radius 2 is 1.89 bits per heavy atom. The minimum absolute atomic E-state index is 0.0424. The van der Waals surface area contributed by atoms with E-state index in [1.807, 2.05) is 49.4 Å². The van der Waals surface area contributed by atoms with E-state index in [0.29, 0.717) is 12.1 Å². The SMILES string of the molecule is CC(NC(=O)c1ccccc1)c1cccc(CN)c1. The van der Waals surface area contributed by atoms with Gasteiger partial charge in [-0.25, -0.2) is 0 Å². The van der Waals surface area contributed by atoms with Crippen LogP contribution in [0.2, 0.25) is 0 Å². The third kappa shape index (κ3) is 3.42. The number of hydrogen-bond donors (Lipinski definition) is 2. The van der Waals surface area contributed by atoms with E-state index in [9.17, 15) is 4.79 Å². The van der Waals surface area contributed by atoms with Gasteiger partial charge in [0, 0.05) is 12.1 Å². The minimum atomic E-state index is -0.0637. The van der Waals surface area contributed by atoms with Crippen molar-refractivity contribution in [2.24, 2.45) is 5.73 Å². The van der Waals surface area contributed by atoms with Crippen LogP contribution < -0.4 is 11.1 Å². The van der Waals surface area contributed by atoms with Gasteiger partial charge in [0.05, 0.1) is 6.04 Å². The van der Waals surface area contributed by atoms with E-state index in [-0.39, 0.29) is 11.9 Å². The Kier molecular flexibility index (Phi) is 4.31. The first kappa shape index (κ1) is 13.3. The van der Waals surface area contributed by atoms with Crippen LogP contribution in [-0.2, 0) is 6.54 Å². The molecule has 2 aromatic carbocycles. The molecule has 0 aliphatic heterocycles. The van der Waals surface area contributed by atoms with Crippen LogP contribution in [0, 0.1) is 0 Å². The standard InChI is InChI=1S/C16H18N2O/c1-12(15-9-5-6-13(10-15)11-17)18-16(19)14-7-3-2-4-8-14/h2-10,12H,11,17H2,1H3,(H,18,19). The van der Waals surface area contributed by atoms with Crippen molar-refractivity contribution in [1.29, 1.82) is 0 Å². The zero-order valence-corrected chi connectivity index (χ0v) is 11.0. The number of carbonyl (C=O) groups is 1. The summed E-state index contributed by atoms with van der Waals surface area (Å²) in [6.45, 7) is 2.48. The Hall–Kier alpha value is -2.13. The molecule has 0 aliphatic carbocycles. The largest absolute Gasteiger partial charge is 0.346 e. The molecule has 3 N–H and O–H groups in total. The van der Waals surface area contributed by atoms with Crippen LogP contribution in [0.3, 0.4) is 0 Å². The third-order valence-corrected chi connectivity index (χ3v) is 3.07. The fourth-order valence-corrected chi connectivity index (χ4v) is 1.94. The van der Waals surface area contributed by atoms with Gasteiger partial charge in [0.15, 0.2) is 0 Å². The monoisotopic (exact) mass is 254 g/mol. The highest BCUT2D eigenvalue weighted by Gasteiger charge is 2.11. The second-order valence-corrected chi connectivity index (χ2v) is 4.51. The lowest BCUT2D eigenvalue weighted by Crippen LogP contribution is -2.26. The minimum Gasteiger partial charge on any atom is -0.346 e. The third-order valence-electron chi connectivity index (χ3n) is 3.07. The highest BCUT2D eigenvalue weighted by atomic mass is 16.1. The lowest BCUT2D eigenvalue weighted by molar-refractivity contribution is 0.0940. The number of amides is 1. The summed E-state index contributed by atoms with van der Waals surface area (Å²) in [4.78, 5) is 12.0. The first-order chi connectivity index (χ1) is 9.20. The second kappa shape index (κ2) is 6.16. The molecule has 0 saturated carbocycles. The van der Waals surface area contributed by atoms with Crippen molar-refractivity contribution in [2.45, 2.75) is 19.5 Å². The van der Waals surface area contributed by atoms with Crippen molar-refractivity contribution in [3.8, 4) is 0 Å². The first-order valence-electron chi connectivity index (χ1n) is 6.35. The molecule has 0 aliphatic rings. The van der Waals surface area contributed by atoms with E-state index in [1.54, 1.807) is 12.1 Å². The summed E-state index contributed by atoms with van der Waals surface area (Å²) in [6, 6.07) is 17.1. The Balaban J connectivity index is 2.08. The molecular formula is C16H18N2O. The van der Waals surface area contributed by atoms with E-state index >= 15 is 0 Å². The Labute approximate surface area is 113 Å². The topological polar surface area (TPSA) is 55.1 Å². The molecular weight excluding hydrogens is 236 g/mol. The summed E-state index contributed by atoms with van der Waals surface area (Å²) in [6.07, 6.45) is 0. The molecule has 98 valence electrons. The Bertz CT molecular complexity index is 552. The molecule has 0 saturated heterocycles. The van der Waals surface area contributed by atoms with E-state index in [0.717, 1.165) is 11.1 Å². The molecule has 19 heavy (non-hydrogen) atoms. The average molecular weight is 254 g/mol. The lowest BCUT2D eigenvalue weighted by Gasteiger charge is -2.15. The van der Waals surface area contributed by atoms with Gasteiger partial charge >= 0.3 is 0 Å². The summed E-state index contributed by atoms with van der Waals surface area (Å²) >= 11 is 0. The highest BCUT2D eigenvalue weighted by molar-refractivity contribution is 5.94. The fourth-order valence-electron chi connectivity index (χ4n) is 1.94. The molecule has 3 nitrogen and oxygen atoms in total. The van der Waals surface area contributed by atoms with Crippen molar-refractivity contribution in [2.75, 3.05) is 0 Å². The highest BCUT2D eigenvalue weighted by Crippen LogP contribution is 2.14. The van der Waals surface area contributed by atoms with Crippen molar-refractivity contribution < 1.29 is 4.79 Å². The van der Waals surface area contributed by atoms with Gasteiger partial charge in [-0.15, -0.1) is 0 Å². The van der Waals surface area contributed by atoms with Crippen LogP contribution in [0.4, 0.5) is 0 Å². The molecule has 1 atom stereocenters. The van der Waals surface area contributed by atoms with Crippen LogP contribution in [0.25, 0.3) is 0 Å². The number of hydrogen-bond acceptors (Lipinski definition) is 2. The van der Waals surface area contributed by atoms with Crippen molar-refractivity contribution in [3.05, 3.63) is 71.3 Å². The number of benzene rings is 2. The molecule has 3 heteroatoms. The summed E-state index contributed by atoms with van der Waals surface area (Å²) in [7, 11) is 0. The van der Waals surface area contributed by atoms with Crippen LogP contribution in [0.1, 0.15) is 34.5 Å². The second-order valence-electron chi connectivity index (χ2n) is 4.51. The number of rotatable bonds is 4. The summed E-state index contributed by atoms with van der Waals surface area (Å²) < 4.78 is 0. The maximum absolute atomic E-state index is 12.0. The quantitative estimate of drug-likeness (QED) is 0.881. The summed E-state index contributed by atoms with van der Waals surface area (Å²) in [5, 5.41) is 2.98. The van der Waals surface area contributed by atoms with Gasteiger partial charge in [-0.3, -0.25) is 4.79 Å². The van der Waals surface area contributed by atoms with Gasteiger partial charge in [-0.2, -0.15) is 0 Å². The van der Waals surface area contributed by atoms with Gasteiger partial charge in [-0.1, -0.05) is 42.5 Å². The van der Waals surface area contributed by atoms with Crippen molar-refractivity contribution in [3.63, 3.8) is 0 Å². The van der Waals surface area contributed by atoms with Gasteiger partial charge in [0.2, 0.25) is 0 Å². The molecule has 1 unspecified atom stereocenters. The molecule has 0 spiro atoms. The van der Waals surface area contributed by atoms with E-state index in [2.05, 4.69) is 5.32 Å². The van der Waals surface area contributed by atoms with E-state index in [1.165, 1.54) is 0 Å². The predicted octanol–water partition coefficient (Wildman–Crippen LogP) is 2.64. The maximum Gasteiger partial charge on any atom is 0.251 e. The smallest absolute Gasteiger partial charge is 0.251 e. The summed E-state index contributed by atoms with van der Waals surface area (Å²) in [5.74, 6) is -0.0637. The van der Waals surface area contributed by atoms with Gasteiger partial charge in [-0.05, 0) is 30.2 Å². The first-order valence-corrected chi connectivity index (χ1v) is 6.35. The maximum atomic E-state index is 12.0. The Morgan fingerprint density at radius 1 is 1.16 bits per heavy atom. The average Bonchev–Trinajstić information content (AvgIpc) is 2.48. The number of nitrogens with one attached hydrogen (secondary N) is 1. The van der Waals surface area contributed by atoms with Crippen LogP contribution in [-0.4, -0.2) is 5.91 Å². The fraction of sp³-hybridized carbons (Fsp3) is 0.188. The molecule has 1 amide bonds. The van der Waals surface area contributed by atoms with Crippen molar-refractivity contribution >= 4 is 5.91 Å². The molecule has 0 fully saturated rings. The van der Waals surface area contributed by atoms with E-state index < -0.39 is 0 Å². The molecule has 0 aromatic heterocycles. The van der Waals surface area contributed by atoms with E-state index in [4.69, 9.17) is 5.73 Å². The molecule has 0 radical (unpaired) electrons. The predicted molar refractivity (Wildman–Crippen MR) is 76.7 cm³/mol. The number of nitrogens with two attached hydrogens (primary N) is 1. The molecule has 2 rings (SSSR count). The van der Waals surface area contributed by atoms with Gasteiger partial charge in [0.1, 0.15) is 0 Å². The summed E-state index contributed by atoms with van der Waals surface area (Å²) in [5.41, 5.74) is 8.42. The van der Waals surface area contributed by atoms with Crippen LogP contribution in [0.5, 0.6) is 0 Å². The van der Waals surface area contributed by atoms with Crippen molar-refractivity contribution in [1.82, 2.24) is 5.32 Å². The molecule has 0 heterocycles. The normalized spacial score (nSPS) is 11.9. The zero-order chi connectivity index (χ0) is 13.7. The Morgan fingerprint density at radius 3 is 2.58 bits per heavy atom. The molecule has 2 aromatic rings. The lowest BCUT2D eigenvalue weighted by atomic mass is 10.0. The van der Waals surface area contributed by atoms with Gasteiger partial charge in [0.25, 0.3) is 5.91 Å². The van der Waals surface area contributed by atoms with Crippen LogP contribution in [0.15, 0.2) is 54.6 Å². The number of carbonyl (C=O) groups excluding carboxylic acids is 1. The van der Waals surface area contributed by atoms with Crippen LogP contribution >= 0.6 is 0 Å². The van der Waals surface area contributed by atoms with Gasteiger partial charge < -0.3 is 11.1 Å². The molecule has 0 bridgehead atoms. The zero-order valence-electron chi connectivity index (χ0n) is 11.0.